The van der Waals surface area contributed by atoms with Crippen LogP contribution < -0.4 is 10.6 Å². The van der Waals surface area contributed by atoms with E-state index in [0.717, 1.165) is 15.7 Å². The Morgan fingerprint density at radius 3 is 2.78 bits per heavy atom. The van der Waals surface area contributed by atoms with Crippen molar-refractivity contribution in [2.75, 3.05) is 23.7 Å². The lowest BCUT2D eigenvalue weighted by Gasteiger charge is -2.33. The Balaban J connectivity index is 2.59. The lowest BCUT2D eigenvalue weighted by atomic mass is 10.2. The van der Waals surface area contributed by atoms with E-state index in [1.807, 2.05) is 24.8 Å². The zero-order chi connectivity index (χ0) is 13.5. The van der Waals surface area contributed by atoms with Crippen molar-refractivity contribution in [1.82, 2.24) is 0 Å². The van der Waals surface area contributed by atoms with Gasteiger partial charge < -0.3 is 10.6 Å². The first-order valence-corrected chi connectivity index (χ1v) is 8.29. The summed E-state index contributed by atoms with van der Waals surface area (Å²) >= 11 is 3.47. The van der Waals surface area contributed by atoms with Gasteiger partial charge in [-0.3, -0.25) is 0 Å². The van der Waals surface area contributed by atoms with Crippen molar-refractivity contribution in [3.8, 4) is 0 Å². The summed E-state index contributed by atoms with van der Waals surface area (Å²) in [5, 5.41) is 0. The van der Waals surface area contributed by atoms with Gasteiger partial charge in [0.1, 0.15) is 0 Å². The molecule has 0 radical (unpaired) electrons. The fraction of sp³-hybridized carbons (Fsp3) is 0.500. The maximum absolute atomic E-state index is 12.1. The molecule has 0 aliphatic carbocycles. The third kappa shape index (κ3) is 2.55. The monoisotopic (exact) mass is 332 g/mol. The molecule has 1 unspecified atom stereocenters. The fourth-order valence-corrected chi connectivity index (χ4v) is 4.77. The summed E-state index contributed by atoms with van der Waals surface area (Å²) in [6.07, 6.45) is 0. The molecule has 0 fully saturated rings. The highest BCUT2D eigenvalue weighted by molar-refractivity contribution is 9.10. The highest BCUT2D eigenvalue weighted by Gasteiger charge is 2.30. The first-order valence-electron chi connectivity index (χ1n) is 5.84. The van der Waals surface area contributed by atoms with Gasteiger partial charge in [-0.25, -0.2) is 8.42 Å². The van der Waals surface area contributed by atoms with Gasteiger partial charge in [0.15, 0.2) is 9.84 Å². The minimum Gasteiger partial charge on any atom is -0.367 e. The number of benzene rings is 1. The van der Waals surface area contributed by atoms with Gasteiger partial charge in [-0.05, 0) is 47.5 Å². The second-order valence-electron chi connectivity index (χ2n) is 4.84. The van der Waals surface area contributed by atoms with Crippen LogP contribution in [0.2, 0.25) is 0 Å². The number of hydrogen-bond donors (Lipinski definition) is 1. The molecular formula is C12H17BrN2O2S. The van der Waals surface area contributed by atoms with E-state index in [2.05, 4.69) is 15.9 Å². The minimum absolute atomic E-state index is 0.00635. The summed E-state index contributed by atoms with van der Waals surface area (Å²) in [7, 11) is -3.17. The molecular weight excluding hydrogens is 316 g/mol. The van der Waals surface area contributed by atoms with Crippen molar-refractivity contribution in [2.24, 2.45) is 5.73 Å². The number of rotatable bonds is 2. The average molecular weight is 333 g/mol. The Morgan fingerprint density at radius 2 is 2.17 bits per heavy atom. The van der Waals surface area contributed by atoms with E-state index in [1.165, 1.54) is 0 Å². The highest BCUT2D eigenvalue weighted by Crippen LogP contribution is 2.38. The van der Waals surface area contributed by atoms with Gasteiger partial charge in [0, 0.05) is 23.6 Å². The molecule has 1 aliphatic heterocycles. The molecule has 18 heavy (non-hydrogen) atoms. The van der Waals surface area contributed by atoms with E-state index in [0.29, 0.717) is 18.0 Å². The molecule has 2 N–H and O–H groups in total. The molecule has 2 rings (SSSR count). The smallest absolute Gasteiger partial charge is 0.182 e. The zero-order valence-electron chi connectivity index (χ0n) is 10.5. The molecule has 1 heterocycles. The summed E-state index contributed by atoms with van der Waals surface area (Å²) in [5.74, 6) is 0.155. The minimum atomic E-state index is -3.17. The topological polar surface area (TPSA) is 63.4 Å². The summed E-state index contributed by atoms with van der Waals surface area (Å²) in [6.45, 7) is 4.97. The standard InChI is InChI=1S/C12H17BrN2O2S/c1-8-5-10(13)12-11(6-8)18(16,17)4-3-15(12)7-9(2)14/h5-6,9H,3-4,7,14H2,1-2H3. The molecule has 0 aromatic heterocycles. The summed E-state index contributed by atoms with van der Waals surface area (Å²) in [5.41, 5.74) is 7.51. The van der Waals surface area contributed by atoms with Gasteiger partial charge in [0.05, 0.1) is 16.3 Å². The zero-order valence-corrected chi connectivity index (χ0v) is 12.9. The van der Waals surface area contributed by atoms with E-state index < -0.39 is 9.84 Å². The Hall–Kier alpha value is -0.590. The molecule has 100 valence electrons. The normalized spacial score (nSPS) is 19.4. The molecule has 0 saturated carbocycles. The van der Waals surface area contributed by atoms with Crippen molar-refractivity contribution in [3.05, 3.63) is 22.2 Å². The Morgan fingerprint density at radius 1 is 1.50 bits per heavy atom. The maximum atomic E-state index is 12.1. The van der Waals surface area contributed by atoms with Crippen LogP contribution in [-0.4, -0.2) is 33.3 Å². The van der Waals surface area contributed by atoms with Crippen LogP contribution in [0, 0.1) is 6.92 Å². The van der Waals surface area contributed by atoms with Crippen molar-refractivity contribution in [3.63, 3.8) is 0 Å². The molecule has 0 saturated heterocycles. The van der Waals surface area contributed by atoms with Crippen LogP contribution in [0.1, 0.15) is 12.5 Å². The molecule has 0 spiro atoms. The van der Waals surface area contributed by atoms with E-state index in [-0.39, 0.29) is 11.8 Å². The number of halogens is 1. The number of hydrogen-bond acceptors (Lipinski definition) is 4. The lowest BCUT2D eigenvalue weighted by molar-refractivity contribution is 0.585. The van der Waals surface area contributed by atoms with Gasteiger partial charge in [-0.1, -0.05) is 0 Å². The number of anilines is 1. The number of sulfone groups is 1. The molecule has 4 nitrogen and oxygen atoms in total. The number of nitrogens with two attached hydrogens (primary N) is 1. The summed E-state index contributed by atoms with van der Waals surface area (Å²) < 4.78 is 25.1. The molecule has 1 aromatic carbocycles. The van der Waals surface area contributed by atoms with Gasteiger partial charge in [0.25, 0.3) is 0 Å². The maximum Gasteiger partial charge on any atom is 0.182 e. The first kappa shape index (κ1) is 13.8. The highest BCUT2D eigenvalue weighted by atomic mass is 79.9. The van der Waals surface area contributed by atoms with Gasteiger partial charge in [-0.15, -0.1) is 0 Å². The van der Waals surface area contributed by atoms with Crippen LogP contribution in [-0.2, 0) is 9.84 Å². The molecule has 6 heteroatoms. The van der Waals surface area contributed by atoms with E-state index in [9.17, 15) is 8.42 Å². The molecule has 0 bridgehead atoms. The Labute approximate surface area is 116 Å². The third-order valence-corrected chi connectivity index (χ3v) is 5.27. The van der Waals surface area contributed by atoms with Gasteiger partial charge >= 0.3 is 0 Å². The van der Waals surface area contributed by atoms with Crippen LogP contribution in [0.25, 0.3) is 0 Å². The molecule has 1 atom stereocenters. The van der Waals surface area contributed by atoms with Crippen molar-refractivity contribution < 1.29 is 8.42 Å². The third-order valence-electron chi connectivity index (χ3n) is 2.96. The van der Waals surface area contributed by atoms with Gasteiger partial charge in [-0.2, -0.15) is 0 Å². The number of aryl methyl sites for hydroxylation is 1. The Bertz CT molecular complexity index is 570. The quantitative estimate of drug-likeness (QED) is 0.895. The lowest BCUT2D eigenvalue weighted by Crippen LogP contribution is -2.42. The number of fused-ring (bicyclic) bond motifs is 1. The van der Waals surface area contributed by atoms with Crippen molar-refractivity contribution in [2.45, 2.75) is 24.8 Å². The first-order chi connectivity index (χ1) is 8.31. The van der Waals surface area contributed by atoms with Crippen LogP contribution >= 0.6 is 15.9 Å². The van der Waals surface area contributed by atoms with Crippen LogP contribution in [0.3, 0.4) is 0 Å². The van der Waals surface area contributed by atoms with Crippen LogP contribution in [0.5, 0.6) is 0 Å². The van der Waals surface area contributed by atoms with E-state index in [1.54, 1.807) is 6.07 Å². The number of nitrogens with zero attached hydrogens (tertiary/aromatic N) is 1. The van der Waals surface area contributed by atoms with Gasteiger partial charge in [0.2, 0.25) is 0 Å². The summed E-state index contributed by atoms with van der Waals surface area (Å²) in [4.78, 5) is 2.46. The second kappa shape index (κ2) is 4.83. The Kier molecular flexibility index (Phi) is 3.71. The SMILES string of the molecule is Cc1cc(Br)c2c(c1)S(=O)(=O)CCN2CC(C)N. The second-order valence-corrected chi connectivity index (χ2v) is 7.77. The predicted molar refractivity (Wildman–Crippen MR) is 76.8 cm³/mol. The fourth-order valence-electron chi connectivity index (χ4n) is 2.23. The van der Waals surface area contributed by atoms with Crippen LogP contribution in [0.15, 0.2) is 21.5 Å². The van der Waals surface area contributed by atoms with E-state index in [4.69, 9.17) is 5.73 Å². The van der Waals surface area contributed by atoms with Crippen LogP contribution in [0.4, 0.5) is 5.69 Å². The largest absolute Gasteiger partial charge is 0.367 e. The average Bonchev–Trinajstić information content (AvgIpc) is 2.21. The molecule has 1 aromatic rings. The van der Waals surface area contributed by atoms with Crippen molar-refractivity contribution >= 4 is 31.5 Å². The van der Waals surface area contributed by atoms with Crippen molar-refractivity contribution in [1.29, 1.82) is 0 Å². The molecule has 0 amide bonds. The predicted octanol–water partition coefficient (Wildman–Crippen LogP) is 1.70. The summed E-state index contributed by atoms with van der Waals surface area (Å²) in [6, 6.07) is 3.68. The molecule has 1 aliphatic rings. The van der Waals surface area contributed by atoms with E-state index >= 15 is 0 Å².